The van der Waals surface area contributed by atoms with Crippen LogP contribution in [0.3, 0.4) is 0 Å². The molecule has 2 aromatic rings. The van der Waals surface area contributed by atoms with E-state index in [0.29, 0.717) is 6.54 Å². The number of carbonyl (C=O) groups is 1. The SMILES string of the molecule is Cc1ccc(/C=C/C(=O)NCc2cccc(C)c2)cc1. The molecule has 20 heavy (non-hydrogen) atoms. The molecule has 0 aromatic heterocycles. The molecule has 2 nitrogen and oxygen atoms in total. The topological polar surface area (TPSA) is 29.1 Å². The largest absolute Gasteiger partial charge is 0.348 e. The minimum Gasteiger partial charge on any atom is -0.348 e. The highest BCUT2D eigenvalue weighted by Crippen LogP contribution is 2.05. The van der Waals surface area contributed by atoms with E-state index in [1.807, 2.05) is 62.4 Å². The van der Waals surface area contributed by atoms with E-state index in [1.165, 1.54) is 11.1 Å². The van der Waals surface area contributed by atoms with Gasteiger partial charge < -0.3 is 5.32 Å². The first-order chi connectivity index (χ1) is 9.63. The van der Waals surface area contributed by atoms with Gasteiger partial charge in [0.25, 0.3) is 0 Å². The molecule has 0 unspecified atom stereocenters. The van der Waals surface area contributed by atoms with E-state index >= 15 is 0 Å². The summed E-state index contributed by atoms with van der Waals surface area (Å²) in [6.45, 7) is 4.64. The molecule has 2 aromatic carbocycles. The highest BCUT2D eigenvalue weighted by molar-refractivity contribution is 5.91. The van der Waals surface area contributed by atoms with Gasteiger partial charge in [0.2, 0.25) is 5.91 Å². The first kappa shape index (κ1) is 14.1. The molecule has 2 rings (SSSR count). The van der Waals surface area contributed by atoms with E-state index in [2.05, 4.69) is 11.4 Å². The Balaban J connectivity index is 1.88. The second kappa shape index (κ2) is 6.71. The quantitative estimate of drug-likeness (QED) is 0.840. The third-order valence-electron chi connectivity index (χ3n) is 3.05. The molecule has 0 fully saturated rings. The summed E-state index contributed by atoms with van der Waals surface area (Å²) in [5.74, 6) is -0.0768. The molecule has 0 heterocycles. The fraction of sp³-hybridized carbons (Fsp3) is 0.167. The molecule has 0 spiro atoms. The molecule has 0 aliphatic rings. The van der Waals surface area contributed by atoms with Crippen molar-refractivity contribution in [2.45, 2.75) is 20.4 Å². The van der Waals surface area contributed by atoms with Gasteiger partial charge in [0, 0.05) is 12.6 Å². The first-order valence-corrected chi connectivity index (χ1v) is 6.71. The van der Waals surface area contributed by atoms with Gasteiger partial charge in [-0.15, -0.1) is 0 Å². The molecule has 1 amide bonds. The number of hydrogen-bond acceptors (Lipinski definition) is 1. The summed E-state index contributed by atoms with van der Waals surface area (Å²) in [5.41, 5.74) is 4.56. The number of amides is 1. The minimum absolute atomic E-state index is 0.0768. The van der Waals surface area contributed by atoms with E-state index in [4.69, 9.17) is 0 Å². The lowest BCUT2D eigenvalue weighted by Crippen LogP contribution is -2.20. The molecule has 0 radical (unpaired) electrons. The van der Waals surface area contributed by atoms with E-state index in [0.717, 1.165) is 11.1 Å². The predicted octanol–water partition coefficient (Wildman–Crippen LogP) is 3.63. The lowest BCUT2D eigenvalue weighted by Gasteiger charge is -2.03. The lowest BCUT2D eigenvalue weighted by molar-refractivity contribution is -0.116. The molecular weight excluding hydrogens is 246 g/mol. The lowest BCUT2D eigenvalue weighted by atomic mass is 10.1. The molecule has 0 bridgehead atoms. The van der Waals surface area contributed by atoms with Crippen LogP contribution in [0.4, 0.5) is 0 Å². The van der Waals surface area contributed by atoms with Crippen LogP contribution in [0.5, 0.6) is 0 Å². The van der Waals surface area contributed by atoms with Crippen molar-refractivity contribution in [3.8, 4) is 0 Å². The summed E-state index contributed by atoms with van der Waals surface area (Å²) in [6, 6.07) is 16.2. The average Bonchev–Trinajstić information content (AvgIpc) is 2.45. The molecule has 102 valence electrons. The van der Waals surface area contributed by atoms with Crippen molar-refractivity contribution in [2.75, 3.05) is 0 Å². The monoisotopic (exact) mass is 265 g/mol. The molecular formula is C18H19NO. The van der Waals surface area contributed by atoms with Gasteiger partial charge in [-0.25, -0.2) is 0 Å². The van der Waals surface area contributed by atoms with E-state index < -0.39 is 0 Å². The van der Waals surface area contributed by atoms with Crippen molar-refractivity contribution in [1.82, 2.24) is 5.32 Å². The van der Waals surface area contributed by atoms with E-state index in [-0.39, 0.29) is 5.91 Å². The van der Waals surface area contributed by atoms with Crippen molar-refractivity contribution in [3.63, 3.8) is 0 Å². The number of hydrogen-bond donors (Lipinski definition) is 1. The Hall–Kier alpha value is -2.35. The summed E-state index contributed by atoms with van der Waals surface area (Å²) in [4.78, 5) is 11.7. The number of rotatable bonds is 4. The fourth-order valence-corrected chi connectivity index (χ4v) is 1.92. The summed E-state index contributed by atoms with van der Waals surface area (Å²) < 4.78 is 0. The molecule has 0 saturated heterocycles. The van der Waals surface area contributed by atoms with Crippen LogP contribution >= 0.6 is 0 Å². The van der Waals surface area contributed by atoms with Gasteiger partial charge in [-0.2, -0.15) is 0 Å². The van der Waals surface area contributed by atoms with Crippen LogP contribution in [-0.2, 0) is 11.3 Å². The molecule has 0 atom stereocenters. The maximum atomic E-state index is 11.7. The third kappa shape index (κ3) is 4.39. The number of benzene rings is 2. The Morgan fingerprint density at radius 2 is 1.80 bits per heavy atom. The number of aryl methyl sites for hydroxylation is 2. The average molecular weight is 265 g/mol. The Labute approximate surface area is 120 Å². The zero-order chi connectivity index (χ0) is 14.4. The number of nitrogens with one attached hydrogen (secondary N) is 1. The van der Waals surface area contributed by atoms with Gasteiger partial charge in [-0.3, -0.25) is 4.79 Å². The molecule has 2 heteroatoms. The van der Waals surface area contributed by atoms with Gasteiger partial charge in [-0.1, -0.05) is 59.7 Å². The van der Waals surface area contributed by atoms with Crippen LogP contribution in [-0.4, -0.2) is 5.91 Å². The zero-order valence-corrected chi connectivity index (χ0v) is 11.9. The molecule has 1 N–H and O–H groups in total. The van der Waals surface area contributed by atoms with Crippen LogP contribution in [0.15, 0.2) is 54.6 Å². The van der Waals surface area contributed by atoms with Crippen molar-refractivity contribution in [1.29, 1.82) is 0 Å². The first-order valence-electron chi connectivity index (χ1n) is 6.71. The fourth-order valence-electron chi connectivity index (χ4n) is 1.92. The summed E-state index contributed by atoms with van der Waals surface area (Å²) in [6.07, 6.45) is 3.39. The Morgan fingerprint density at radius 3 is 2.50 bits per heavy atom. The molecule has 0 aliphatic heterocycles. The van der Waals surface area contributed by atoms with Gasteiger partial charge in [0.15, 0.2) is 0 Å². The maximum Gasteiger partial charge on any atom is 0.244 e. The Kier molecular flexibility index (Phi) is 4.72. The maximum absolute atomic E-state index is 11.7. The third-order valence-corrected chi connectivity index (χ3v) is 3.05. The summed E-state index contributed by atoms with van der Waals surface area (Å²) in [5, 5.41) is 2.88. The Morgan fingerprint density at radius 1 is 1.05 bits per heavy atom. The normalized spacial score (nSPS) is 10.7. The predicted molar refractivity (Wildman–Crippen MR) is 83.2 cm³/mol. The van der Waals surface area contributed by atoms with Crippen LogP contribution in [0.1, 0.15) is 22.3 Å². The van der Waals surface area contributed by atoms with Crippen LogP contribution < -0.4 is 5.32 Å². The summed E-state index contributed by atoms with van der Waals surface area (Å²) in [7, 11) is 0. The second-order valence-electron chi connectivity index (χ2n) is 4.95. The van der Waals surface area contributed by atoms with Crippen molar-refractivity contribution in [2.24, 2.45) is 0 Å². The smallest absolute Gasteiger partial charge is 0.244 e. The second-order valence-corrected chi connectivity index (χ2v) is 4.95. The standard InChI is InChI=1S/C18H19NO/c1-14-6-8-16(9-7-14)10-11-18(20)19-13-17-5-3-4-15(2)12-17/h3-12H,13H2,1-2H3,(H,19,20)/b11-10+. The van der Waals surface area contributed by atoms with Gasteiger partial charge in [0.05, 0.1) is 0 Å². The molecule has 0 aliphatic carbocycles. The van der Waals surface area contributed by atoms with Crippen molar-refractivity contribution in [3.05, 3.63) is 76.9 Å². The highest BCUT2D eigenvalue weighted by Gasteiger charge is 1.97. The van der Waals surface area contributed by atoms with Crippen molar-refractivity contribution >= 4 is 12.0 Å². The van der Waals surface area contributed by atoms with Crippen LogP contribution in [0.2, 0.25) is 0 Å². The minimum atomic E-state index is -0.0768. The van der Waals surface area contributed by atoms with Gasteiger partial charge in [-0.05, 0) is 31.1 Å². The zero-order valence-electron chi connectivity index (χ0n) is 11.9. The van der Waals surface area contributed by atoms with Gasteiger partial charge in [0.1, 0.15) is 0 Å². The van der Waals surface area contributed by atoms with Crippen molar-refractivity contribution < 1.29 is 4.79 Å². The van der Waals surface area contributed by atoms with E-state index in [9.17, 15) is 4.79 Å². The van der Waals surface area contributed by atoms with E-state index in [1.54, 1.807) is 6.08 Å². The highest BCUT2D eigenvalue weighted by atomic mass is 16.1. The summed E-state index contributed by atoms with van der Waals surface area (Å²) >= 11 is 0. The van der Waals surface area contributed by atoms with Gasteiger partial charge >= 0.3 is 0 Å². The Bertz CT molecular complexity index is 612. The van der Waals surface area contributed by atoms with Crippen LogP contribution in [0, 0.1) is 13.8 Å². The number of carbonyl (C=O) groups excluding carboxylic acids is 1. The molecule has 0 saturated carbocycles. The van der Waals surface area contributed by atoms with Crippen LogP contribution in [0.25, 0.3) is 6.08 Å².